The average molecular weight is 334 g/mol. The summed E-state index contributed by atoms with van der Waals surface area (Å²) < 4.78 is 0.915. The first kappa shape index (κ1) is 15.0. The van der Waals surface area contributed by atoms with Crippen LogP contribution < -0.4 is 5.32 Å². The van der Waals surface area contributed by atoms with Crippen molar-refractivity contribution >= 4 is 21.7 Å². The van der Waals surface area contributed by atoms with E-state index in [2.05, 4.69) is 66.1 Å². The third-order valence-corrected chi connectivity index (χ3v) is 3.66. The number of hydrogen-bond acceptors (Lipinski definition) is 3. The summed E-state index contributed by atoms with van der Waals surface area (Å²) in [5.74, 6) is 1.70. The Morgan fingerprint density at radius 3 is 2.30 bits per heavy atom. The maximum Gasteiger partial charge on any atom is 0.144 e. The summed E-state index contributed by atoms with van der Waals surface area (Å²) in [6.45, 7) is 9.27. The smallest absolute Gasteiger partial charge is 0.144 e. The molecule has 1 N–H and O–H groups in total. The molecule has 0 fully saturated rings. The molecule has 2 aromatic rings. The molecule has 0 aliphatic rings. The predicted octanol–water partition coefficient (Wildman–Crippen LogP) is 4.64. The molecule has 0 aliphatic heterocycles. The van der Waals surface area contributed by atoms with E-state index < -0.39 is 0 Å². The number of hydrogen-bond donors (Lipinski definition) is 1. The second-order valence-electron chi connectivity index (χ2n) is 5.70. The molecule has 3 nitrogen and oxygen atoms in total. The van der Waals surface area contributed by atoms with Crippen LogP contribution in [0.5, 0.6) is 0 Å². The van der Waals surface area contributed by atoms with Gasteiger partial charge in [-0.25, -0.2) is 9.97 Å². The summed E-state index contributed by atoms with van der Waals surface area (Å²) in [5.41, 5.74) is 1.93. The molecule has 0 bridgehead atoms. The van der Waals surface area contributed by atoms with Gasteiger partial charge >= 0.3 is 0 Å². The van der Waals surface area contributed by atoms with E-state index in [1.807, 2.05) is 18.2 Å². The Hall–Kier alpha value is -1.42. The molecule has 4 heteroatoms. The van der Waals surface area contributed by atoms with Crippen LogP contribution in [0, 0.1) is 0 Å². The zero-order valence-electron chi connectivity index (χ0n) is 12.4. The quantitative estimate of drug-likeness (QED) is 0.889. The monoisotopic (exact) mass is 333 g/mol. The van der Waals surface area contributed by atoms with E-state index in [0.717, 1.165) is 33.9 Å². The number of benzene rings is 1. The highest BCUT2D eigenvalue weighted by atomic mass is 79.9. The maximum absolute atomic E-state index is 4.76. The zero-order valence-corrected chi connectivity index (χ0v) is 14.0. The van der Waals surface area contributed by atoms with E-state index in [0.29, 0.717) is 0 Å². The normalized spacial score (nSPS) is 11.4. The lowest BCUT2D eigenvalue weighted by Crippen LogP contribution is -2.18. The van der Waals surface area contributed by atoms with Crippen molar-refractivity contribution in [1.82, 2.24) is 9.97 Å². The number of nitrogens with zero attached hydrogens (tertiary/aromatic N) is 2. The second kappa shape index (κ2) is 5.92. The Morgan fingerprint density at radius 1 is 1.10 bits per heavy atom. The third-order valence-electron chi connectivity index (χ3n) is 2.91. The molecule has 0 atom stereocenters. The Bertz CT molecular complexity index is 589. The number of aromatic nitrogens is 2. The minimum atomic E-state index is -0.0889. The molecule has 2 rings (SSSR count). The highest BCUT2D eigenvalue weighted by Crippen LogP contribution is 2.33. The predicted molar refractivity (Wildman–Crippen MR) is 88.0 cm³/mol. The molecule has 0 radical (unpaired) electrons. The van der Waals surface area contributed by atoms with Crippen molar-refractivity contribution in [3.8, 4) is 11.3 Å². The minimum absolute atomic E-state index is 0.0889. The van der Waals surface area contributed by atoms with Gasteiger partial charge in [-0.15, -0.1) is 0 Å². The van der Waals surface area contributed by atoms with Crippen LogP contribution in [0.3, 0.4) is 0 Å². The first-order chi connectivity index (χ1) is 9.43. The molecule has 0 aliphatic carbocycles. The summed E-state index contributed by atoms with van der Waals surface area (Å²) in [6, 6.07) is 10.2. The summed E-state index contributed by atoms with van der Waals surface area (Å²) in [6.07, 6.45) is 0. The Kier molecular flexibility index (Phi) is 4.43. The lowest BCUT2D eigenvalue weighted by molar-refractivity contribution is 0.546. The Balaban J connectivity index is 2.64. The van der Waals surface area contributed by atoms with Gasteiger partial charge < -0.3 is 5.32 Å². The van der Waals surface area contributed by atoms with Gasteiger partial charge in [0.2, 0.25) is 0 Å². The Labute approximate surface area is 129 Å². The number of rotatable bonds is 3. The van der Waals surface area contributed by atoms with E-state index in [1.54, 1.807) is 0 Å². The number of anilines is 1. The van der Waals surface area contributed by atoms with Crippen molar-refractivity contribution in [2.24, 2.45) is 0 Å². The highest BCUT2D eigenvalue weighted by molar-refractivity contribution is 9.10. The van der Waals surface area contributed by atoms with Gasteiger partial charge in [-0.1, -0.05) is 51.1 Å². The van der Waals surface area contributed by atoms with Gasteiger partial charge in [0.05, 0.1) is 10.2 Å². The zero-order chi connectivity index (χ0) is 14.8. The fourth-order valence-corrected chi connectivity index (χ4v) is 2.40. The van der Waals surface area contributed by atoms with Gasteiger partial charge in [0, 0.05) is 17.5 Å². The minimum Gasteiger partial charge on any atom is -0.369 e. The first-order valence-electron chi connectivity index (χ1n) is 6.80. The van der Waals surface area contributed by atoms with Crippen LogP contribution in [0.2, 0.25) is 0 Å². The van der Waals surface area contributed by atoms with Crippen LogP contribution in [0.1, 0.15) is 33.5 Å². The van der Waals surface area contributed by atoms with Gasteiger partial charge in [0.1, 0.15) is 11.6 Å². The molecule has 0 saturated carbocycles. The van der Waals surface area contributed by atoms with E-state index >= 15 is 0 Å². The molecule has 0 unspecified atom stereocenters. The lowest BCUT2D eigenvalue weighted by atomic mass is 9.95. The van der Waals surface area contributed by atoms with Crippen LogP contribution in [0.25, 0.3) is 11.3 Å². The largest absolute Gasteiger partial charge is 0.369 e. The fraction of sp³-hybridized carbons (Fsp3) is 0.375. The molecule has 0 saturated heterocycles. The van der Waals surface area contributed by atoms with Crippen molar-refractivity contribution in [2.45, 2.75) is 33.1 Å². The topological polar surface area (TPSA) is 37.8 Å². The molecule has 0 amide bonds. The SMILES string of the molecule is CCNc1nc(C(C)(C)C)nc(-c2ccccc2)c1Br. The summed E-state index contributed by atoms with van der Waals surface area (Å²) in [5, 5.41) is 3.30. The molecule has 1 aromatic carbocycles. The van der Waals surface area contributed by atoms with E-state index in [9.17, 15) is 0 Å². The van der Waals surface area contributed by atoms with Crippen LogP contribution in [0.15, 0.2) is 34.8 Å². The molecular formula is C16H20BrN3. The van der Waals surface area contributed by atoms with Crippen LogP contribution in [-0.2, 0) is 5.41 Å². The summed E-state index contributed by atoms with van der Waals surface area (Å²) in [4.78, 5) is 9.41. The molecule has 106 valence electrons. The van der Waals surface area contributed by atoms with Crippen molar-refractivity contribution in [3.05, 3.63) is 40.6 Å². The van der Waals surface area contributed by atoms with Gasteiger partial charge in [0.25, 0.3) is 0 Å². The molecule has 1 aromatic heterocycles. The van der Waals surface area contributed by atoms with Gasteiger partial charge in [-0.05, 0) is 22.9 Å². The van der Waals surface area contributed by atoms with Crippen LogP contribution in [-0.4, -0.2) is 16.5 Å². The standard InChI is InChI=1S/C16H20BrN3/c1-5-18-14-12(17)13(11-9-7-6-8-10-11)19-15(20-14)16(2,3)4/h6-10H,5H2,1-4H3,(H,18,19,20). The lowest BCUT2D eigenvalue weighted by Gasteiger charge is -2.20. The third kappa shape index (κ3) is 3.18. The maximum atomic E-state index is 4.76. The van der Waals surface area contributed by atoms with Gasteiger partial charge in [-0.3, -0.25) is 0 Å². The molecule has 20 heavy (non-hydrogen) atoms. The molecular weight excluding hydrogens is 314 g/mol. The van der Waals surface area contributed by atoms with E-state index in [-0.39, 0.29) is 5.41 Å². The fourth-order valence-electron chi connectivity index (χ4n) is 1.85. The number of nitrogens with one attached hydrogen (secondary N) is 1. The summed E-state index contributed by atoms with van der Waals surface area (Å²) >= 11 is 3.63. The molecule has 0 spiro atoms. The van der Waals surface area contributed by atoms with E-state index in [4.69, 9.17) is 4.98 Å². The van der Waals surface area contributed by atoms with Crippen LogP contribution in [0.4, 0.5) is 5.82 Å². The van der Waals surface area contributed by atoms with Crippen molar-refractivity contribution in [1.29, 1.82) is 0 Å². The van der Waals surface area contributed by atoms with E-state index in [1.165, 1.54) is 0 Å². The van der Waals surface area contributed by atoms with Gasteiger partial charge in [-0.2, -0.15) is 0 Å². The van der Waals surface area contributed by atoms with Crippen molar-refractivity contribution < 1.29 is 0 Å². The van der Waals surface area contributed by atoms with Crippen molar-refractivity contribution in [3.63, 3.8) is 0 Å². The Morgan fingerprint density at radius 2 is 1.75 bits per heavy atom. The van der Waals surface area contributed by atoms with Crippen molar-refractivity contribution in [2.75, 3.05) is 11.9 Å². The van der Waals surface area contributed by atoms with Gasteiger partial charge in [0.15, 0.2) is 0 Å². The summed E-state index contributed by atoms with van der Waals surface area (Å²) in [7, 11) is 0. The average Bonchev–Trinajstić information content (AvgIpc) is 2.41. The number of halogens is 1. The highest BCUT2D eigenvalue weighted by Gasteiger charge is 2.22. The molecule has 1 heterocycles. The second-order valence-corrected chi connectivity index (χ2v) is 6.50. The van der Waals surface area contributed by atoms with Crippen LogP contribution >= 0.6 is 15.9 Å². The first-order valence-corrected chi connectivity index (χ1v) is 7.60.